The minimum Gasteiger partial charge on any atom is -0.493 e. The van der Waals surface area contributed by atoms with E-state index in [0.29, 0.717) is 0 Å². The number of amides is 1. The molecule has 1 aromatic rings. The smallest absolute Gasteiger partial charge is 0.252 e. The summed E-state index contributed by atoms with van der Waals surface area (Å²) in [5, 5.41) is 0. The molecule has 4 heteroatoms. The van der Waals surface area contributed by atoms with Crippen molar-refractivity contribution in [2.75, 3.05) is 26.7 Å². The first kappa shape index (κ1) is 15.7. The fourth-order valence-corrected chi connectivity index (χ4v) is 3.35. The van der Waals surface area contributed by atoms with Crippen molar-refractivity contribution < 1.29 is 9.53 Å². The number of carbonyl (C=O) groups is 1. The molecule has 0 aliphatic carbocycles. The molecule has 2 aliphatic rings. The molecule has 2 aliphatic heterocycles. The predicted molar refractivity (Wildman–Crippen MR) is 91.3 cm³/mol. The zero-order valence-electron chi connectivity index (χ0n) is 14.1. The summed E-state index contributed by atoms with van der Waals surface area (Å²) in [6.45, 7) is 6.24. The number of ether oxygens (including phenoxy) is 1. The van der Waals surface area contributed by atoms with Crippen LogP contribution in [0.1, 0.15) is 31.0 Å². The number of likely N-dealkylation sites (N-methyl/N-ethyl adjacent to an activating group) is 2. The highest BCUT2D eigenvalue weighted by Crippen LogP contribution is 2.35. The molecule has 1 atom stereocenters. The van der Waals surface area contributed by atoms with Gasteiger partial charge in [-0.2, -0.15) is 0 Å². The maximum Gasteiger partial charge on any atom is 0.252 e. The van der Waals surface area contributed by atoms with Crippen LogP contribution < -0.4 is 4.74 Å². The normalized spacial score (nSPS) is 19.2. The zero-order chi connectivity index (χ0) is 16.4. The summed E-state index contributed by atoms with van der Waals surface area (Å²) < 4.78 is 5.60. The van der Waals surface area contributed by atoms with E-state index in [1.165, 1.54) is 5.56 Å². The lowest BCUT2D eigenvalue weighted by Gasteiger charge is -2.33. The van der Waals surface area contributed by atoms with E-state index in [0.717, 1.165) is 43.0 Å². The van der Waals surface area contributed by atoms with Gasteiger partial charge in [0.15, 0.2) is 0 Å². The van der Waals surface area contributed by atoms with Crippen molar-refractivity contribution in [2.45, 2.75) is 26.3 Å². The van der Waals surface area contributed by atoms with Crippen LogP contribution in [0.2, 0.25) is 0 Å². The van der Waals surface area contributed by atoms with Gasteiger partial charge in [-0.3, -0.25) is 4.79 Å². The SMILES string of the molecule is CCN(CC)C(=O)C1=CC=CN(C)[C@@H]1c1ccc2c(c1)CCO2. The van der Waals surface area contributed by atoms with Crippen LogP contribution in [0.3, 0.4) is 0 Å². The molecule has 0 saturated carbocycles. The molecular weight excluding hydrogens is 288 g/mol. The Labute approximate surface area is 138 Å². The number of carbonyl (C=O) groups excluding carboxylic acids is 1. The summed E-state index contributed by atoms with van der Waals surface area (Å²) in [4.78, 5) is 16.9. The van der Waals surface area contributed by atoms with Gasteiger partial charge in [-0.05, 0) is 55.5 Å². The Morgan fingerprint density at radius 1 is 1.35 bits per heavy atom. The first-order valence-electron chi connectivity index (χ1n) is 8.31. The number of fused-ring (bicyclic) bond motifs is 1. The molecule has 122 valence electrons. The fraction of sp³-hybridized carbons (Fsp3) is 0.421. The Bertz CT molecular complexity index is 659. The quantitative estimate of drug-likeness (QED) is 0.857. The maximum atomic E-state index is 12.9. The fourth-order valence-electron chi connectivity index (χ4n) is 3.35. The Hall–Kier alpha value is -2.23. The predicted octanol–water partition coefficient (Wildman–Crippen LogP) is 2.92. The molecule has 0 saturated heterocycles. The number of nitrogens with zero attached hydrogens (tertiary/aromatic N) is 2. The lowest BCUT2D eigenvalue weighted by atomic mass is 9.92. The van der Waals surface area contributed by atoms with Crippen LogP contribution in [0, 0.1) is 0 Å². The molecule has 1 aromatic carbocycles. The van der Waals surface area contributed by atoms with E-state index < -0.39 is 0 Å². The molecule has 0 unspecified atom stereocenters. The molecule has 3 rings (SSSR count). The van der Waals surface area contributed by atoms with E-state index in [2.05, 4.69) is 17.0 Å². The third-order valence-corrected chi connectivity index (χ3v) is 4.63. The van der Waals surface area contributed by atoms with Crippen molar-refractivity contribution in [3.63, 3.8) is 0 Å². The van der Waals surface area contributed by atoms with Gasteiger partial charge < -0.3 is 14.5 Å². The summed E-state index contributed by atoms with van der Waals surface area (Å²) in [5.41, 5.74) is 3.21. The van der Waals surface area contributed by atoms with Crippen LogP contribution in [-0.2, 0) is 11.2 Å². The summed E-state index contributed by atoms with van der Waals surface area (Å²) in [6.07, 6.45) is 6.87. The maximum absolute atomic E-state index is 12.9. The molecule has 4 nitrogen and oxygen atoms in total. The highest BCUT2D eigenvalue weighted by molar-refractivity contribution is 5.95. The van der Waals surface area contributed by atoms with Gasteiger partial charge in [0.2, 0.25) is 0 Å². The Morgan fingerprint density at radius 3 is 2.87 bits per heavy atom. The monoisotopic (exact) mass is 312 g/mol. The molecule has 0 radical (unpaired) electrons. The second kappa shape index (κ2) is 6.49. The summed E-state index contributed by atoms with van der Waals surface area (Å²) in [7, 11) is 2.02. The Morgan fingerprint density at radius 2 is 2.13 bits per heavy atom. The first-order chi connectivity index (χ1) is 11.2. The van der Waals surface area contributed by atoms with Gasteiger partial charge in [-0.15, -0.1) is 0 Å². The summed E-state index contributed by atoms with van der Waals surface area (Å²) in [6, 6.07) is 6.25. The van der Waals surface area contributed by atoms with Crippen LogP contribution in [0.25, 0.3) is 0 Å². The van der Waals surface area contributed by atoms with Gasteiger partial charge in [0.1, 0.15) is 5.75 Å². The van der Waals surface area contributed by atoms with E-state index in [9.17, 15) is 4.79 Å². The van der Waals surface area contributed by atoms with E-state index in [-0.39, 0.29) is 11.9 Å². The van der Waals surface area contributed by atoms with Crippen molar-refractivity contribution in [1.29, 1.82) is 0 Å². The largest absolute Gasteiger partial charge is 0.493 e. The van der Waals surface area contributed by atoms with E-state index in [1.54, 1.807) is 0 Å². The third-order valence-electron chi connectivity index (χ3n) is 4.63. The van der Waals surface area contributed by atoms with Crippen molar-refractivity contribution in [2.24, 2.45) is 0 Å². The van der Waals surface area contributed by atoms with E-state index in [4.69, 9.17) is 4.74 Å². The molecule has 0 spiro atoms. The van der Waals surface area contributed by atoms with Gasteiger partial charge in [0.05, 0.1) is 12.6 Å². The second-order valence-corrected chi connectivity index (χ2v) is 5.97. The van der Waals surface area contributed by atoms with Gasteiger partial charge >= 0.3 is 0 Å². The van der Waals surface area contributed by atoms with Crippen molar-refractivity contribution in [3.05, 3.63) is 53.3 Å². The zero-order valence-corrected chi connectivity index (χ0v) is 14.1. The van der Waals surface area contributed by atoms with Crippen LogP contribution in [0.4, 0.5) is 0 Å². The minimum absolute atomic E-state index is 0.0426. The van der Waals surface area contributed by atoms with Gasteiger partial charge in [0, 0.05) is 32.1 Å². The van der Waals surface area contributed by atoms with E-state index >= 15 is 0 Å². The average Bonchev–Trinajstić information content (AvgIpc) is 3.03. The highest BCUT2D eigenvalue weighted by atomic mass is 16.5. The Balaban J connectivity index is 1.96. The minimum atomic E-state index is -0.0426. The summed E-state index contributed by atoms with van der Waals surface area (Å²) in [5.74, 6) is 1.09. The van der Waals surface area contributed by atoms with Gasteiger partial charge in [0.25, 0.3) is 5.91 Å². The number of allylic oxidation sites excluding steroid dienone is 2. The van der Waals surface area contributed by atoms with E-state index in [1.807, 2.05) is 50.2 Å². The summed E-state index contributed by atoms with van der Waals surface area (Å²) >= 11 is 0. The third kappa shape index (κ3) is 2.85. The van der Waals surface area contributed by atoms with Crippen molar-refractivity contribution in [3.8, 4) is 5.75 Å². The topological polar surface area (TPSA) is 32.8 Å². The molecule has 23 heavy (non-hydrogen) atoms. The van der Waals surface area contributed by atoms with Gasteiger partial charge in [-0.1, -0.05) is 6.07 Å². The van der Waals surface area contributed by atoms with Crippen LogP contribution >= 0.6 is 0 Å². The molecular formula is C19H24N2O2. The number of rotatable bonds is 4. The standard InChI is InChI=1S/C19H24N2O2/c1-4-21(5-2)19(22)16-7-6-11-20(3)18(16)15-8-9-17-14(13-15)10-12-23-17/h6-9,11,13,18H,4-5,10,12H2,1-3H3/t18-/m1/s1. The number of hydrogen-bond donors (Lipinski definition) is 0. The highest BCUT2D eigenvalue weighted by Gasteiger charge is 2.29. The lowest BCUT2D eigenvalue weighted by molar-refractivity contribution is -0.127. The number of benzene rings is 1. The van der Waals surface area contributed by atoms with Crippen LogP contribution in [-0.4, -0.2) is 42.5 Å². The molecule has 0 fully saturated rings. The Kier molecular flexibility index (Phi) is 4.42. The van der Waals surface area contributed by atoms with Crippen molar-refractivity contribution in [1.82, 2.24) is 9.80 Å². The average molecular weight is 312 g/mol. The van der Waals surface area contributed by atoms with Crippen LogP contribution in [0.15, 0.2) is 42.1 Å². The molecule has 1 amide bonds. The van der Waals surface area contributed by atoms with Crippen molar-refractivity contribution >= 4 is 5.91 Å². The molecule has 0 bridgehead atoms. The second-order valence-electron chi connectivity index (χ2n) is 5.97. The lowest BCUT2D eigenvalue weighted by Crippen LogP contribution is -2.37. The van der Waals surface area contributed by atoms with Gasteiger partial charge in [-0.25, -0.2) is 0 Å². The first-order valence-corrected chi connectivity index (χ1v) is 8.31. The molecule has 2 heterocycles. The van der Waals surface area contributed by atoms with Crippen LogP contribution in [0.5, 0.6) is 5.75 Å². The molecule has 0 aromatic heterocycles. The number of hydrogen-bond acceptors (Lipinski definition) is 3. The molecule has 0 N–H and O–H groups in total.